The van der Waals surface area contributed by atoms with E-state index in [9.17, 15) is 14.9 Å². The molecule has 0 aliphatic rings. The highest BCUT2D eigenvalue weighted by Crippen LogP contribution is 2.22. The lowest BCUT2D eigenvalue weighted by atomic mass is 10.1. The fourth-order valence-electron chi connectivity index (χ4n) is 1.66. The SMILES string of the molecule is CC(C)CCCNC(=O)c1cc(Cl)ccc1[N+](=O)[O-]. The van der Waals surface area contributed by atoms with E-state index in [1.165, 1.54) is 18.2 Å². The van der Waals surface area contributed by atoms with Gasteiger partial charge in [0.25, 0.3) is 11.6 Å². The molecule has 0 unspecified atom stereocenters. The molecule has 0 bridgehead atoms. The van der Waals surface area contributed by atoms with Crippen LogP contribution >= 0.6 is 11.6 Å². The van der Waals surface area contributed by atoms with Crippen LogP contribution in [0, 0.1) is 16.0 Å². The topological polar surface area (TPSA) is 72.2 Å². The van der Waals surface area contributed by atoms with Crippen molar-refractivity contribution < 1.29 is 9.72 Å². The number of hydrogen-bond acceptors (Lipinski definition) is 3. The van der Waals surface area contributed by atoms with Crippen LogP contribution in [-0.2, 0) is 0 Å². The maximum Gasteiger partial charge on any atom is 0.282 e. The van der Waals surface area contributed by atoms with E-state index in [0.29, 0.717) is 17.5 Å². The van der Waals surface area contributed by atoms with Crippen molar-refractivity contribution in [3.63, 3.8) is 0 Å². The molecular weight excluding hydrogens is 268 g/mol. The highest BCUT2D eigenvalue weighted by Gasteiger charge is 2.19. The maximum atomic E-state index is 11.9. The highest BCUT2D eigenvalue weighted by atomic mass is 35.5. The molecule has 0 spiro atoms. The second-order valence-corrected chi connectivity index (χ2v) is 5.15. The van der Waals surface area contributed by atoms with Crippen molar-refractivity contribution in [1.29, 1.82) is 0 Å². The smallest absolute Gasteiger partial charge is 0.282 e. The standard InChI is InChI=1S/C13H17ClN2O3/c1-9(2)4-3-7-15-13(17)11-8-10(14)5-6-12(11)16(18)19/h5-6,8-9H,3-4,7H2,1-2H3,(H,15,17). The number of nitrogens with zero attached hydrogens (tertiary/aromatic N) is 1. The van der Waals surface area contributed by atoms with Gasteiger partial charge in [0.05, 0.1) is 4.92 Å². The molecule has 0 aliphatic carbocycles. The largest absolute Gasteiger partial charge is 0.352 e. The predicted molar refractivity (Wildman–Crippen MR) is 74.5 cm³/mol. The first-order valence-corrected chi connectivity index (χ1v) is 6.51. The van der Waals surface area contributed by atoms with Crippen molar-refractivity contribution >= 4 is 23.2 Å². The highest BCUT2D eigenvalue weighted by molar-refractivity contribution is 6.31. The molecule has 0 heterocycles. The van der Waals surface area contributed by atoms with Gasteiger partial charge in [-0.25, -0.2) is 0 Å². The zero-order chi connectivity index (χ0) is 14.4. The van der Waals surface area contributed by atoms with E-state index in [0.717, 1.165) is 12.8 Å². The van der Waals surface area contributed by atoms with E-state index in [-0.39, 0.29) is 11.3 Å². The second kappa shape index (κ2) is 7.09. The molecule has 0 saturated carbocycles. The molecule has 104 valence electrons. The second-order valence-electron chi connectivity index (χ2n) is 4.71. The van der Waals surface area contributed by atoms with Gasteiger partial charge in [-0.3, -0.25) is 14.9 Å². The number of nitrogens with one attached hydrogen (secondary N) is 1. The minimum Gasteiger partial charge on any atom is -0.352 e. The van der Waals surface area contributed by atoms with Crippen molar-refractivity contribution in [3.05, 3.63) is 38.9 Å². The lowest BCUT2D eigenvalue weighted by molar-refractivity contribution is -0.385. The zero-order valence-electron chi connectivity index (χ0n) is 11.0. The minimum absolute atomic E-state index is 0.00190. The Labute approximate surface area is 117 Å². The van der Waals surface area contributed by atoms with E-state index >= 15 is 0 Å². The van der Waals surface area contributed by atoms with Gasteiger partial charge in [-0.05, 0) is 30.9 Å². The first kappa shape index (κ1) is 15.4. The number of rotatable bonds is 6. The summed E-state index contributed by atoms with van der Waals surface area (Å²) in [6, 6.07) is 3.96. The summed E-state index contributed by atoms with van der Waals surface area (Å²) in [6.45, 7) is 4.70. The molecule has 1 N–H and O–H groups in total. The predicted octanol–water partition coefficient (Wildman–Crippen LogP) is 3.41. The van der Waals surface area contributed by atoms with Crippen molar-refractivity contribution in [3.8, 4) is 0 Å². The summed E-state index contributed by atoms with van der Waals surface area (Å²) in [4.78, 5) is 22.1. The summed E-state index contributed by atoms with van der Waals surface area (Å²) in [5.74, 6) is 0.107. The van der Waals surface area contributed by atoms with Crippen molar-refractivity contribution in [2.75, 3.05) is 6.54 Å². The molecule has 0 saturated heterocycles. The summed E-state index contributed by atoms with van der Waals surface area (Å²) >= 11 is 5.77. The van der Waals surface area contributed by atoms with Crippen LogP contribution in [0.1, 0.15) is 37.0 Å². The van der Waals surface area contributed by atoms with E-state index in [1.807, 2.05) is 0 Å². The van der Waals surface area contributed by atoms with Gasteiger partial charge >= 0.3 is 0 Å². The molecule has 19 heavy (non-hydrogen) atoms. The van der Waals surface area contributed by atoms with Crippen LogP contribution in [0.2, 0.25) is 5.02 Å². The molecule has 1 amide bonds. The van der Waals surface area contributed by atoms with Crippen LogP contribution in [0.15, 0.2) is 18.2 Å². The van der Waals surface area contributed by atoms with Crippen LogP contribution in [-0.4, -0.2) is 17.4 Å². The Balaban J connectivity index is 2.70. The van der Waals surface area contributed by atoms with Crippen LogP contribution in [0.5, 0.6) is 0 Å². The van der Waals surface area contributed by atoms with Gasteiger partial charge in [-0.2, -0.15) is 0 Å². The Kier molecular flexibility index (Phi) is 5.76. The molecular formula is C13H17ClN2O3. The number of nitro groups is 1. The molecule has 1 aromatic carbocycles. The number of carbonyl (C=O) groups excluding carboxylic acids is 1. The Hall–Kier alpha value is -1.62. The molecule has 0 atom stereocenters. The summed E-state index contributed by atoms with van der Waals surface area (Å²) < 4.78 is 0. The molecule has 0 aliphatic heterocycles. The molecule has 6 heteroatoms. The van der Waals surface area contributed by atoms with Gasteiger partial charge < -0.3 is 5.32 Å². The van der Waals surface area contributed by atoms with Crippen LogP contribution in [0.25, 0.3) is 0 Å². The Morgan fingerprint density at radius 2 is 2.16 bits per heavy atom. The fraction of sp³-hybridized carbons (Fsp3) is 0.462. The average molecular weight is 285 g/mol. The normalized spacial score (nSPS) is 10.5. The first-order valence-electron chi connectivity index (χ1n) is 6.14. The third-order valence-corrected chi connectivity index (χ3v) is 2.88. The van der Waals surface area contributed by atoms with Gasteiger partial charge in [-0.15, -0.1) is 0 Å². The van der Waals surface area contributed by atoms with E-state index in [2.05, 4.69) is 19.2 Å². The minimum atomic E-state index is -0.584. The molecule has 1 aromatic rings. The molecule has 0 aromatic heterocycles. The number of benzene rings is 1. The average Bonchev–Trinajstić information content (AvgIpc) is 2.33. The zero-order valence-corrected chi connectivity index (χ0v) is 11.7. The first-order chi connectivity index (χ1) is 8.91. The third kappa shape index (κ3) is 4.87. The van der Waals surface area contributed by atoms with Gasteiger partial charge in [0, 0.05) is 17.6 Å². The van der Waals surface area contributed by atoms with E-state index in [4.69, 9.17) is 11.6 Å². The number of amides is 1. The summed E-state index contributed by atoms with van der Waals surface area (Å²) in [5, 5.41) is 13.8. The monoisotopic (exact) mass is 284 g/mol. The fourth-order valence-corrected chi connectivity index (χ4v) is 1.83. The van der Waals surface area contributed by atoms with Gasteiger partial charge in [0.1, 0.15) is 5.56 Å². The lowest BCUT2D eigenvalue weighted by Crippen LogP contribution is -2.25. The van der Waals surface area contributed by atoms with Crippen LogP contribution in [0.4, 0.5) is 5.69 Å². The van der Waals surface area contributed by atoms with E-state index in [1.54, 1.807) is 0 Å². The van der Waals surface area contributed by atoms with Crippen LogP contribution < -0.4 is 5.32 Å². The quantitative estimate of drug-likeness (QED) is 0.494. The Bertz CT molecular complexity index is 475. The Morgan fingerprint density at radius 3 is 2.74 bits per heavy atom. The number of nitro benzene ring substituents is 1. The van der Waals surface area contributed by atoms with Crippen molar-refractivity contribution in [2.45, 2.75) is 26.7 Å². The number of carbonyl (C=O) groups is 1. The van der Waals surface area contributed by atoms with Crippen molar-refractivity contribution in [1.82, 2.24) is 5.32 Å². The lowest BCUT2D eigenvalue weighted by Gasteiger charge is -2.07. The van der Waals surface area contributed by atoms with Crippen LogP contribution in [0.3, 0.4) is 0 Å². The number of halogens is 1. The number of hydrogen-bond donors (Lipinski definition) is 1. The molecule has 0 radical (unpaired) electrons. The summed E-state index contributed by atoms with van der Waals surface area (Å²) in [5.41, 5.74) is -0.229. The molecule has 1 rings (SSSR count). The Morgan fingerprint density at radius 1 is 1.47 bits per heavy atom. The third-order valence-electron chi connectivity index (χ3n) is 2.64. The molecule has 0 fully saturated rings. The maximum absolute atomic E-state index is 11.9. The van der Waals surface area contributed by atoms with Crippen molar-refractivity contribution in [2.24, 2.45) is 5.92 Å². The molecule has 5 nitrogen and oxygen atoms in total. The van der Waals surface area contributed by atoms with Gasteiger partial charge in [-0.1, -0.05) is 25.4 Å². The summed E-state index contributed by atoms with van der Waals surface area (Å²) in [7, 11) is 0. The summed E-state index contributed by atoms with van der Waals surface area (Å²) in [6.07, 6.45) is 1.84. The van der Waals surface area contributed by atoms with Gasteiger partial charge in [0.15, 0.2) is 0 Å². The van der Waals surface area contributed by atoms with Gasteiger partial charge in [0.2, 0.25) is 0 Å². The van der Waals surface area contributed by atoms with E-state index < -0.39 is 10.8 Å².